The van der Waals surface area contributed by atoms with E-state index < -0.39 is 0 Å². The van der Waals surface area contributed by atoms with E-state index in [4.69, 9.17) is 11.6 Å². The fourth-order valence-corrected chi connectivity index (χ4v) is 2.96. The summed E-state index contributed by atoms with van der Waals surface area (Å²) in [5.41, 5.74) is 2.85. The average Bonchev–Trinajstić information content (AvgIpc) is 2.53. The first kappa shape index (κ1) is 15.8. The van der Waals surface area contributed by atoms with Crippen LogP contribution in [0, 0.1) is 11.3 Å². The summed E-state index contributed by atoms with van der Waals surface area (Å²) < 4.78 is 0. The van der Waals surface area contributed by atoms with Gasteiger partial charge in [0, 0.05) is 17.0 Å². The van der Waals surface area contributed by atoms with E-state index in [0.717, 1.165) is 21.2 Å². The number of halogens is 1. The summed E-state index contributed by atoms with van der Waals surface area (Å²) in [5.74, 6) is 0. The molecule has 0 fully saturated rings. The maximum atomic E-state index is 9.46. The quantitative estimate of drug-likeness (QED) is 0.731. The molecule has 2 rings (SSSR count). The fraction of sp³-hybridized carbons (Fsp3) is 0.235. The molecule has 0 saturated carbocycles. The molecule has 1 unspecified atom stereocenters. The van der Waals surface area contributed by atoms with Crippen molar-refractivity contribution in [3.8, 4) is 6.07 Å². The molecule has 4 heteroatoms. The third-order valence-corrected chi connectivity index (χ3v) is 4.68. The first-order valence-corrected chi connectivity index (χ1v) is 8.24. The molecule has 0 radical (unpaired) electrons. The van der Waals surface area contributed by atoms with Gasteiger partial charge in [-0.25, -0.2) is 0 Å². The molecule has 0 aromatic heterocycles. The van der Waals surface area contributed by atoms with Gasteiger partial charge in [-0.2, -0.15) is 5.26 Å². The van der Waals surface area contributed by atoms with Crippen LogP contribution in [0.1, 0.15) is 24.1 Å². The van der Waals surface area contributed by atoms with Crippen molar-refractivity contribution in [1.82, 2.24) is 0 Å². The van der Waals surface area contributed by atoms with Gasteiger partial charge in [0.25, 0.3) is 0 Å². The number of rotatable bonds is 4. The van der Waals surface area contributed by atoms with E-state index in [1.807, 2.05) is 55.8 Å². The molecule has 0 heterocycles. The Bertz CT molecular complexity index is 661. The Morgan fingerprint density at radius 1 is 1.19 bits per heavy atom. The van der Waals surface area contributed by atoms with Gasteiger partial charge in [0.15, 0.2) is 0 Å². The first-order chi connectivity index (χ1) is 10.1. The number of nitriles is 1. The van der Waals surface area contributed by atoms with E-state index >= 15 is 0 Å². The molecule has 21 heavy (non-hydrogen) atoms. The van der Waals surface area contributed by atoms with Crippen molar-refractivity contribution in [1.29, 1.82) is 5.26 Å². The molecular weight excluding hydrogens is 300 g/mol. The van der Waals surface area contributed by atoms with Gasteiger partial charge >= 0.3 is 0 Å². The topological polar surface area (TPSA) is 27.0 Å². The molecule has 0 N–H and O–H groups in total. The number of thioether (sulfide) groups is 1. The molecule has 2 nitrogen and oxygen atoms in total. The Balaban J connectivity index is 2.38. The molecule has 108 valence electrons. The Kier molecular flexibility index (Phi) is 5.17. The second kappa shape index (κ2) is 6.89. The van der Waals surface area contributed by atoms with Crippen LogP contribution in [0.2, 0.25) is 5.02 Å². The van der Waals surface area contributed by atoms with Crippen LogP contribution >= 0.6 is 23.4 Å². The van der Waals surface area contributed by atoms with E-state index in [9.17, 15) is 5.26 Å². The fourth-order valence-electron chi connectivity index (χ4n) is 2.27. The smallest absolute Gasteiger partial charge is 0.103 e. The molecule has 0 aliphatic rings. The van der Waals surface area contributed by atoms with Gasteiger partial charge < -0.3 is 4.90 Å². The van der Waals surface area contributed by atoms with Crippen LogP contribution in [0.5, 0.6) is 0 Å². The number of hydrogen-bond acceptors (Lipinski definition) is 3. The van der Waals surface area contributed by atoms with Crippen LogP contribution in [-0.2, 0) is 0 Å². The highest BCUT2D eigenvalue weighted by Crippen LogP contribution is 2.33. The van der Waals surface area contributed by atoms with Crippen molar-refractivity contribution in [2.24, 2.45) is 0 Å². The maximum absolute atomic E-state index is 9.46. The SMILES string of the molecule is CSc1cccc(N(C)C(C)c2ccc(Cl)cc2)c1C#N. The molecule has 0 amide bonds. The van der Waals surface area contributed by atoms with Crippen molar-refractivity contribution < 1.29 is 0 Å². The maximum Gasteiger partial charge on any atom is 0.103 e. The average molecular weight is 317 g/mol. The lowest BCUT2D eigenvalue weighted by Gasteiger charge is -2.28. The van der Waals surface area contributed by atoms with Gasteiger partial charge in [0.05, 0.1) is 17.3 Å². The number of anilines is 1. The summed E-state index contributed by atoms with van der Waals surface area (Å²) in [5, 5.41) is 10.2. The minimum absolute atomic E-state index is 0.159. The van der Waals surface area contributed by atoms with Gasteiger partial charge in [-0.1, -0.05) is 29.8 Å². The molecular formula is C17H17ClN2S. The van der Waals surface area contributed by atoms with Crippen LogP contribution in [0.3, 0.4) is 0 Å². The first-order valence-electron chi connectivity index (χ1n) is 6.64. The van der Waals surface area contributed by atoms with Crippen molar-refractivity contribution in [3.63, 3.8) is 0 Å². The molecule has 0 spiro atoms. The highest BCUT2D eigenvalue weighted by Gasteiger charge is 2.17. The normalized spacial score (nSPS) is 11.8. The second-order valence-corrected chi connectivity index (χ2v) is 6.09. The van der Waals surface area contributed by atoms with E-state index in [2.05, 4.69) is 17.9 Å². The van der Waals surface area contributed by atoms with Gasteiger partial charge in [-0.3, -0.25) is 0 Å². The third-order valence-electron chi connectivity index (χ3n) is 3.65. The zero-order chi connectivity index (χ0) is 15.4. The van der Waals surface area contributed by atoms with Crippen LogP contribution in [0.25, 0.3) is 0 Å². The van der Waals surface area contributed by atoms with Gasteiger partial charge in [-0.05, 0) is 43.0 Å². The summed E-state index contributed by atoms with van der Waals surface area (Å²) in [6, 6.07) is 16.3. The van der Waals surface area contributed by atoms with Crippen LogP contribution < -0.4 is 4.90 Å². The molecule has 2 aromatic rings. The van der Waals surface area contributed by atoms with Gasteiger partial charge in [0.1, 0.15) is 6.07 Å². The monoisotopic (exact) mass is 316 g/mol. The zero-order valence-electron chi connectivity index (χ0n) is 12.3. The molecule has 0 saturated heterocycles. The standard InChI is InChI=1S/C17H17ClN2S/c1-12(13-7-9-14(18)10-8-13)20(2)16-5-4-6-17(21-3)15(16)11-19/h4-10,12H,1-3H3. The summed E-state index contributed by atoms with van der Waals surface area (Å²) in [6.45, 7) is 2.12. The predicted molar refractivity (Wildman–Crippen MR) is 91.2 cm³/mol. The molecule has 0 bridgehead atoms. The Morgan fingerprint density at radius 2 is 1.86 bits per heavy atom. The van der Waals surface area contributed by atoms with Crippen molar-refractivity contribution >= 4 is 29.1 Å². The summed E-state index contributed by atoms with van der Waals surface area (Å²) in [4.78, 5) is 3.13. The highest BCUT2D eigenvalue weighted by molar-refractivity contribution is 7.98. The Labute approximate surface area is 135 Å². The second-order valence-electron chi connectivity index (χ2n) is 4.80. The predicted octanol–water partition coefficient (Wildman–Crippen LogP) is 5.13. The summed E-state index contributed by atoms with van der Waals surface area (Å²) in [7, 11) is 2.01. The number of nitrogens with zero attached hydrogens (tertiary/aromatic N) is 2. The lowest BCUT2D eigenvalue weighted by molar-refractivity contribution is 0.738. The summed E-state index contributed by atoms with van der Waals surface area (Å²) >= 11 is 7.54. The molecule has 2 aromatic carbocycles. The number of benzene rings is 2. The molecule has 1 atom stereocenters. The van der Waals surface area contributed by atoms with Crippen LogP contribution in [-0.4, -0.2) is 13.3 Å². The lowest BCUT2D eigenvalue weighted by Crippen LogP contribution is -2.22. The minimum atomic E-state index is 0.159. The van der Waals surface area contributed by atoms with Crippen LogP contribution in [0.4, 0.5) is 5.69 Å². The Morgan fingerprint density at radius 3 is 2.43 bits per heavy atom. The zero-order valence-corrected chi connectivity index (χ0v) is 13.9. The van der Waals surface area contributed by atoms with Gasteiger partial charge in [-0.15, -0.1) is 11.8 Å². The number of hydrogen-bond donors (Lipinski definition) is 0. The largest absolute Gasteiger partial charge is 0.367 e. The van der Waals surface area contributed by atoms with Crippen molar-refractivity contribution in [3.05, 3.63) is 58.6 Å². The third kappa shape index (κ3) is 3.34. The van der Waals surface area contributed by atoms with Crippen molar-refractivity contribution in [2.45, 2.75) is 17.9 Å². The van der Waals surface area contributed by atoms with E-state index in [1.165, 1.54) is 5.56 Å². The molecule has 0 aliphatic carbocycles. The van der Waals surface area contributed by atoms with Gasteiger partial charge in [0.2, 0.25) is 0 Å². The van der Waals surface area contributed by atoms with E-state index in [1.54, 1.807) is 11.8 Å². The highest BCUT2D eigenvalue weighted by atomic mass is 35.5. The summed E-state index contributed by atoms with van der Waals surface area (Å²) in [6.07, 6.45) is 1.99. The lowest BCUT2D eigenvalue weighted by atomic mass is 10.1. The Hall–Kier alpha value is -1.63. The van der Waals surface area contributed by atoms with Crippen LogP contribution in [0.15, 0.2) is 47.4 Å². The minimum Gasteiger partial charge on any atom is -0.367 e. The van der Waals surface area contributed by atoms with E-state index in [-0.39, 0.29) is 6.04 Å². The van der Waals surface area contributed by atoms with E-state index in [0.29, 0.717) is 0 Å². The van der Waals surface area contributed by atoms with Crippen molar-refractivity contribution in [2.75, 3.05) is 18.2 Å². The molecule has 0 aliphatic heterocycles.